The molecule has 0 bridgehead atoms. The zero-order chi connectivity index (χ0) is 29.1. The second-order valence-electron chi connectivity index (χ2n) is 11.0. The van der Waals surface area contributed by atoms with Crippen LogP contribution in [0.25, 0.3) is 0 Å². The molecule has 3 heterocycles. The Morgan fingerprint density at radius 2 is 1.71 bits per heavy atom. The maximum atomic E-state index is 12.3. The minimum atomic E-state index is -0.320. The minimum absolute atomic E-state index is 0.258. The fraction of sp³-hybridized carbons (Fsp3) is 0.452. The van der Waals surface area contributed by atoms with Crippen molar-refractivity contribution in [3.8, 4) is 0 Å². The molecule has 0 N–H and O–H groups in total. The predicted molar refractivity (Wildman–Crippen MR) is 164 cm³/mol. The van der Waals surface area contributed by atoms with Crippen LogP contribution in [-0.4, -0.2) is 66.9 Å². The lowest BCUT2D eigenvalue weighted by Crippen LogP contribution is -2.43. The van der Waals surface area contributed by atoms with Crippen LogP contribution >= 0.6 is 11.8 Å². The zero-order valence-corrected chi connectivity index (χ0v) is 25.2. The Labute approximate surface area is 245 Å². The van der Waals surface area contributed by atoms with Gasteiger partial charge in [-0.25, -0.2) is 9.59 Å². The second kappa shape index (κ2) is 12.6. The highest BCUT2D eigenvalue weighted by Gasteiger charge is 2.25. The molecule has 0 amide bonds. The third-order valence-electron chi connectivity index (χ3n) is 8.33. The van der Waals surface area contributed by atoms with Gasteiger partial charge in [-0.1, -0.05) is 23.9 Å². The van der Waals surface area contributed by atoms with E-state index in [1.54, 1.807) is 29.4 Å². The van der Waals surface area contributed by atoms with Gasteiger partial charge in [0, 0.05) is 49.6 Å². The lowest BCUT2D eigenvalue weighted by molar-refractivity contribution is 0.0600. The molecule has 3 aromatic rings. The average Bonchev–Trinajstić information content (AvgIpc) is 3.00. The highest BCUT2D eigenvalue weighted by Crippen LogP contribution is 2.48. The first-order chi connectivity index (χ1) is 19.8. The summed E-state index contributed by atoms with van der Waals surface area (Å²) in [7, 11) is 6.85. The number of piperidine rings is 1. The van der Waals surface area contributed by atoms with Crippen LogP contribution in [0.15, 0.2) is 67.9 Å². The maximum absolute atomic E-state index is 12.3. The van der Waals surface area contributed by atoms with E-state index in [1.807, 2.05) is 18.2 Å². The van der Waals surface area contributed by atoms with Gasteiger partial charge < -0.3 is 19.4 Å². The summed E-state index contributed by atoms with van der Waals surface area (Å²) in [4.78, 5) is 46.0. The monoisotopic (exact) mass is 577 g/mol. The first-order valence-corrected chi connectivity index (χ1v) is 15.1. The summed E-state index contributed by atoms with van der Waals surface area (Å²) < 4.78 is 7.69. The Morgan fingerprint density at radius 1 is 0.976 bits per heavy atom. The molecule has 218 valence electrons. The van der Waals surface area contributed by atoms with Gasteiger partial charge in [-0.15, -0.1) is 0 Å². The predicted octanol–water partition coefficient (Wildman–Crippen LogP) is 4.10. The number of fused-ring (bicyclic) bond motifs is 2. The Balaban J connectivity index is 1.14. The molecule has 0 saturated carbocycles. The van der Waals surface area contributed by atoms with Crippen LogP contribution in [0.2, 0.25) is 0 Å². The fourth-order valence-corrected chi connectivity index (χ4v) is 6.88. The van der Waals surface area contributed by atoms with Crippen LogP contribution in [0, 0.1) is 5.92 Å². The van der Waals surface area contributed by atoms with E-state index in [2.05, 4.69) is 46.0 Å². The molecule has 0 aliphatic carbocycles. The molecule has 0 unspecified atom stereocenters. The van der Waals surface area contributed by atoms with Crippen molar-refractivity contribution in [2.45, 2.75) is 35.5 Å². The number of benzene rings is 2. The van der Waals surface area contributed by atoms with Gasteiger partial charge in [0.05, 0.1) is 24.0 Å². The molecule has 0 spiro atoms. The molecule has 10 heteroatoms. The van der Waals surface area contributed by atoms with E-state index in [0.717, 1.165) is 73.6 Å². The van der Waals surface area contributed by atoms with Gasteiger partial charge in [-0.3, -0.25) is 13.9 Å². The highest BCUT2D eigenvalue weighted by molar-refractivity contribution is 7.99. The first-order valence-electron chi connectivity index (χ1n) is 14.2. The quantitative estimate of drug-likeness (QED) is 0.352. The van der Waals surface area contributed by atoms with Crippen LogP contribution < -0.4 is 21.0 Å². The number of esters is 1. The summed E-state index contributed by atoms with van der Waals surface area (Å²) in [5.74, 6) is 1.03. The van der Waals surface area contributed by atoms with Crippen molar-refractivity contribution in [3.63, 3.8) is 0 Å². The summed E-state index contributed by atoms with van der Waals surface area (Å²) >= 11 is 1.74. The average molecular weight is 578 g/mol. The van der Waals surface area contributed by atoms with Crippen molar-refractivity contribution in [1.29, 1.82) is 0 Å². The van der Waals surface area contributed by atoms with E-state index in [-0.39, 0.29) is 17.2 Å². The summed E-state index contributed by atoms with van der Waals surface area (Å²) in [5.41, 5.74) is 2.26. The molecule has 9 nitrogen and oxygen atoms in total. The van der Waals surface area contributed by atoms with Gasteiger partial charge in [0.25, 0.3) is 5.56 Å². The number of carbonyl (C=O) groups excluding carboxylic acids is 1. The van der Waals surface area contributed by atoms with Gasteiger partial charge in [-0.05, 0) is 82.1 Å². The smallest absolute Gasteiger partial charge is 0.337 e. The van der Waals surface area contributed by atoms with Crippen molar-refractivity contribution in [2.24, 2.45) is 20.0 Å². The molecule has 2 aliphatic rings. The van der Waals surface area contributed by atoms with E-state index in [9.17, 15) is 14.4 Å². The Hall–Kier alpha value is -3.50. The van der Waals surface area contributed by atoms with E-state index in [0.29, 0.717) is 17.3 Å². The number of methoxy groups -OCH3 is 1. The molecule has 5 rings (SSSR count). The fourth-order valence-electron chi connectivity index (χ4n) is 5.80. The van der Waals surface area contributed by atoms with Gasteiger partial charge in [0.15, 0.2) is 0 Å². The van der Waals surface area contributed by atoms with E-state index in [1.165, 1.54) is 24.7 Å². The van der Waals surface area contributed by atoms with Crippen LogP contribution in [0.5, 0.6) is 0 Å². The van der Waals surface area contributed by atoms with Crippen LogP contribution in [0.3, 0.4) is 0 Å². The van der Waals surface area contributed by atoms with Crippen molar-refractivity contribution >= 4 is 34.9 Å². The number of anilines is 3. The number of para-hydroxylation sites is 1. The molecule has 1 aromatic heterocycles. The zero-order valence-electron chi connectivity index (χ0n) is 24.3. The molecule has 1 saturated heterocycles. The highest BCUT2D eigenvalue weighted by atomic mass is 32.2. The van der Waals surface area contributed by atoms with Gasteiger partial charge in [0.1, 0.15) is 5.82 Å². The van der Waals surface area contributed by atoms with Crippen LogP contribution in [0.1, 0.15) is 36.0 Å². The minimum Gasteiger partial charge on any atom is -0.465 e. The van der Waals surface area contributed by atoms with E-state index < -0.39 is 0 Å². The van der Waals surface area contributed by atoms with E-state index in [4.69, 9.17) is 4.74 Å². The molecule has 2 aliphatic heterocycles. The largest absolute Gasteiger partial charge is 0.465 e. The number of ether oxygens (including phenoxy) is 1. The third kappa shape index (κ3) is 6.23. The normalized spacial score (nSPS) is 15.1. The molecule has 0 radical (unpaired) electrons. The second-order valence-corrected chi connectivity index (χ2v) is 12.1. The van der Waals surface area contributed by atoms with Crippen molar-refractivity contribution in [2.75, 3.05) is 56.7 Å². The summed E-state index contributed by atoms with van der Waals surface area (Å²) in [6.07, 6.45) is 4.23. The van der Waals surface area contributed by atoms with Crippen molar-refractivity contribution in [1.82, 2.24) is 14.0 Å². The van der Waals surface area contributed by atoms with Gasteiger partial charge in [-0.2, -0.15) is 0 Å². The first kappa shape index (κ1) is 29.0. The lowest BCUT2D eigenvalue weighted by atomic mass is 9.93. The Bertz CT molecular complexity index is 1530. The summed E-state index contributed by atoms with van der Waals surface area (Å²) in [5, 5.41) is 0. The third-order valence-corrected chi connectivity index (χ3v) is 9.46. The molecule has 1 fully saturated rings. The SMILES string of the molecule is COC(=O)c1ccc2c(c1)N(CCCN(C)CCC1CCN(c3cc(=O)n(C)c(=O)n3C)CC1)c1ccccc1S2. The van der Waals surface area contributed by atoms with Crippen molar-refractivity contribution in [3.05, 3.63) is 74.9 Å². The van der Waals surface area contributed by atoms with Crippen LogP contribution in [-0.2, 0) is 18.8 Å². The molecule has 0 atom stereocenters. The lowest BCUT2D eigenvalue weighted by Gasteiger charge is -2.35. The number of rotatable bonds is 9. The van der Waals surface area contributed by atoms with Crippen LogP contribution in [0.4, 0.5) is 17.2 Å². The summed E-state index contributed by atoms with van der Waals surface area (Å²) in [6.45, 7) is 4.58. The van der Waals surface area contributed by atoms with Crippen molar-refractivity contribution < 1.29 is 9.53 Å². The number of hydrogen-bond donors (Lipinski definition) is 0. The van der Waals surface area contributed by atoms with E-state index >= 15 is 0 Å². The van der Waals surface area contributed by atoms with Gasteiger partial charge in [0.2, 0.25) is 0 Å². The molecule has 2 aromatic carbocycles. The summed E-state index contributed by atoms with van der Waals surface area (Å²) in [6, 6.07) is 15.8. The number of nitrogens with zero attached hydrogens (tertiary/aromatic N) is 5. The number of aromatic nitrogens is 2. The standard InChI is InChI=1S/C31H39N5O4S/c1-32(17-12-22-13-18-35(19-14-22)28-21-29(37)34(3)31(39)33(28)2)15-7-16-36-24-8-5-6-9-26(24)41-27-11-10-23(20-25(27)36)30(38)40-4/h5-6,8-11,20-22H,7,12-19H2,1-4H3. The topological polar surface area (TPSA) is 80.0 Å². The molecular weight excluding hydrogens is 538 g/mol. The molecule has 41 heavy (non-hydrogen) atoms. The van der Waals surface area contributed by atoms with Gasteiger partial charge >= 0.3 is 11.7 Å². The Kier molecular flexibility index (Phi) is 8.89. The molecular formula is C31H39N5O4S. The number of hydrogen-bond acceptors (Lipinski definition) is 8. The Morgan fingerprint density at radius 3 is 2.46 bits per heavy atom. The number of carbonyl (C=O) groups is 1. The maximum Gasteiger partial charge on any atom is 0.337 e.